The van der Waals surface area contributed by atoms with Crippen LogP contribution in [0.25, 0.3) is 0 Å². The highest BCUT2D eigenvalue weighted by molar-refractivity contribution is 14.1. The lowest BCUT2D eigenvalue weighted by Crippen LogP contribution is -2.47. The molecule has 0 aliphatic carbocycles. The molecule has 104 valence electrons. The molecule has 1 unspecified atom stereocenters. The van der Waals surface area contributed by atoms with Crippen LogP contribution in [0.4, 0.5) is 0 Å². The summed E-state index contributed by atoms with van der Waals surface area (Å²) in [6.07, 6.45) is 0.309. The van der Waals surface area contributed by atoms with Crippen molar-refractivity contribution in [2.24, 2.45) is 5.41 Å². The van der Waals surface area contributed by atoms with Gasteiger partial charge in [0.2, 0.25) is 9.70 Å². The molecule has 0 bridgehead atoms. The predicted molar refractivity (Wildman–Crippen MR) is 85.3 cm³/mol. The molecule has 0 saturated heterocycles. The predicted octanol–water partition coefficient (Wildman–Crippen LogP) is 3.03. The van der Waals surface area contributed by atoms with Gasteiger partial charge in [0.15, 0.2) is 0 Å². The van der Waals surface area contributed by atoms with Crippen molar-refractivity contribution in [1.29, 1.82) is 0 Å². The summed E-state index contributed by atoms with van der Waals surface area (Å²) >= 11 is 1.75. The van der Waals surface area contributed by atoms with E-state index in [9.17, 15) is 9.59 Å². The average Bonchev–Trinajstić information content (AvgIpc) is 2.27. The number of benzene rings is 1. The van der Waals surface area contributed by atoms with Gasteiger partial charge in [0.1, 0.15) is 6.04 Å². The highest BCUT2D eigenvalue weighted by Crippen LogP contribution is 2.22. The molecule has 0 heterocycles. The highest BCUT2D eigenvalue weighted by Gasteiger charge is 2.31. The van der Waals surface area contributed by atoms with Crippen molar-refractivity contribution in [3.63, 3.8) is 0 Å². The van der Waals surface area contributed by atoms with Crippen LogP contribution in [-0.4, -0.2) is 15.7 Å². The second-order valence-corrected chi connectivity index (χ2v) is 6.84. The van der Waals surface area contributed by atoms with Crippen LogP contribution in [0.1, 0.15) is 31.9 Å². The second kappa shape index (κ2) is 6.50. The van der Waals surface area contributed by atoms with Gasteiger partial charge in [-0.05, 0) is 23.5 Å². The molecular formula is C15H20INO2. The van der Waals surface area contributed by atoms with E-state index in [1.807, 2.05) is 52.0 Å². The summed E-state index contributed by atoms with van der Waals surface area (Å²) in [5.41, 5.74) is 1.80. The first-order valence-electron chi connectivity index (χ1n) is 6.25. The minimum Gasteiger partial charge on any atom is -0.345 e. The van der Waals surface area contributed by atoms with Crippen molar-refractivity contribution in [3.8, 4) is 0 Å². The van der Waals surface area contributed by atoms with Crippen molar-refractivity contribution in [1.82, 2.24) is 5.32 Å². The summed E-state index contributed by atoms with van der Waals surface area (Å²) in [5, 5.41) is 2.84. The lowest BCUT2D eigenvalue weighted by molar-refractivity contribution is -0.125. The maximum absolute atomic E-state index is 12.1. The third-order valence-electron chi connectivity index (χ3n) is 3.01. The first-order valence-corrected chi connectivity index (χ1v) is 7.33. The number of aryl methyl sites for hydroxylation is 1. The fourth-order valence-corrected chi connectivity index (χ4v) is 2.90. The summed E-state index contributed by atoms with van der Waals surface area (Å²) in [6, 6.07) is 7.33. The Balaban J connectivity index is 2.75. The van der Waals surface area contributed by atoms with Gasteiger partial charge in [0, 0.05) is 22.6 Å². The van der Waals surface area contributed by atoms with Crippen LogP contribution in [0.3, 0.4) is 0 Å². The fourth-order valence-electron chi connectivity index (χ4n) is 1.81. The number of nitrogens with one attached hydrogen (secondary N) is 1. The molecule has 0 radical (unpaired) electrons. The van der Waals surface area contributed by atoms with E-state index in [0.717, 1.165) is 11.1 Å². The van der Waals surface area contributed by atoms with Crippen molar-refractivity contribution >= 4 is 32.3 Å². The third-order valence-corrected chi connectivity index (χ3v) is 3.63. The van der Waals surface area contributed by atoms with E-state index in [4.69, 9.17) is 0 Å². The second-order valence-electron chi connectivity index (χ2n) is 5.77. The van der Waals surface area contributed by atoms with Crippen LogP contribution in [0, 0.1) is 12.3 Å². The monoisotopic (exact) mass is 373 g/mol. The Morgan fingerprint density at radius 2 is 1.84 bits per heavy atom. The summed E-state index contributed by atoms with van der Waals surface area (Å²) in [7, 11) is 0. The third kappa shape index (κ3) is 4.93. The highest BCUT2D eigenvalue weighted by atomic mass is 127. The van der Waals surface area contributed by atoms with Crippen molar-refractivity contribution in [2.75, 3.05) is 0 Å². The molecule has 0 aliphatic heterocycles. The number of hydrogen-bond acceptors (Lipinski definition) is 2. The lowest BCUT2D eigenvalue weighted by Gasteiger charge is -2.28. The average molecular weight is 373 g/mol. The SMILES string of the molecule is Cc1ccccc1CC(=O)NC(C(=O)I)C(C)(C)C. The minimum absolute atomic E-state index is 0.0387. The molecule has 3 nitrogen and oxygen atoms in total. The van der Waals surface area contributed by atoms with E-state index < -0.39 is 6.04 Å². The number of rotatable bonds is 4. The largest absolute Gasteiger partial charge is 0.345 e. The lowest BCUT2D eigenvalue weighted by atomic mass is 9.87. The fraction of sp³-hybridized carbons (Fsp3) is 0.467. The van der Waals surface area contributed by atoms with Crippen molar-refractivity contribution < 1.29 is 9.59 Å². The zero-order valence-electron chi connectivity index (χ0n) is 11.8. The molecule has 0 aliphatic rings. The zero-order chi connectivity index (χ0) is 14.6. The van der Waals surface area contributed by atoms with Gasteiger partial charge in [0.25, 0.3) is 0 Å². The van der Waals surface area contributed by atoms with E-state index in [0.29, 0.717) is 6.42 Å². The van der Waals surface area contributed by atoms with Gasteiger partial charge < -0.3 is 5.32 Å². The van der Waals surface area contributed by atoms with Gasteiger partial charge in [-0.25, -0.2) is 0 Å². The Bertz CT molecular complexity index is 477. The van der Waals surface area contributed by atoms with E-state index in [1.54, 1.807) is 22.6 Å². The molecule has 4 heteroatoms. The van der Waals surface area contributed by atoms with Crippen molar-refractivity contribution in [2.45, 2.75) is 40.2 Å². The Kier molecular flexibility index (Phi) is 5.52. The van der Waals surface area contributed by atoms with Gasteiger partial charge in [-0.1, -0.05) is 45.0 Å². The van der Waals surface area contributed by atoms with E-state index in [1.165, 1.54) is 0 Å². The number of halogens is 1. The van der Waals surface area contributed by atoms with Crippen LogP contribution in [0.2, 0.25) is 0 Å². The smallest absolute Gasteiger partial charge is 0.225 e. The first-order chi connectivity index (χ1) is 8.71. The van der Waals surface area contributed by atoms with Gasteiger partial charge >= 0.3 is 0 Å². The molecule has 1 aromatic carbocycles. The van der Waals surface area contributed by atoms with Crippen LogP contribution < -0.4 is 5.32 Å². The minimum atomic E-state index is -0.454. The van der Waals surface area contributed by atoms with Gasteiger partial charge in [-0.2, -0.15) is 0 Å². The molecule has 1 amide bonds. The van der Waals surface area contributed by atoms with E-state index in [-0.39, 0.29) is 15.1 Å². The molecule has 1 atom stereocenters. The van der Waals surface area contributed by atoms with Gasteiger partial charge in [-0.3, -0.25) is 9.59 Å². The Morgan fingerprint density at radius 1 is 1.26 bits per heavy atom. The van der Waals surface area contributed by atoms with Crippen LogP contribution in [-0.2, 0) is 16.0 Å². The maximum atomic E-state index is 12.1. The Labute approximate surface area is 128 Å². The maximum Gasteiger partial charge on any atom is 0.225 e. The molecule has 0 fully saturated rings. The van der Waals surface area contributed by atoms with Crippen LogP contribution in [0.15, 0.2) is 24.3 Å². The molecular weight excluding hydrogens is 353 g/mol. The summed E-state index contributed by atoms with van der Waals surface area (Å²) < 4.78 is -0.0387. The normalized spacial score (nSPS) is 12.9. The summed E-state index contributed by atoms with van der Waals surface area (Å²) in [6.45, 7) is 7.82. The van der Waals surface area contributed by atoms with Gasteiger partial charge in [0.05, 0.1) is 6.42 Å². The van der Waals surface area contributed by atoms with E-state index >= 15 is 0 Å². The zero-order valence-corrected chi connectivity index (χ0v) is 13.9. The first kappa shape index (κ1) is 16.1. The van der Waals surface area contributed by atoms with Crippen LogP contribution in [0.5, 0.6) is 0 Å². The molecule has 1 rings (SSSR count). The summed E-state index contributed by atoms with van der Waals surface area (Å²) in [4.78, 5) is 23.7. The standard InChI is InChI=1S/C15H20INO2/c1-10-7-5-6-8-11(10)9-12(18)17-13(14(16)19)15(2,3)4/h5-8,13H,9H2,1-4H3,(H,17,18). The number of hydrogen-bond donors (Lipinski definition) is 1. The quantitative estimate of drug-likeness (QED) is 0.652. The Hall–Kier alpha value is -0.910. The molecule has 1 N–H and O–H groups in total. The molecule has 19 heavy (non-hydrogen) atoms. The summed E-state index contributed by atoms with van der Waals surface area (Å²) in [5.74, 6) is -0.112. The molecule has 0 spiro atoms. The van der Waals surface area contributed by atoms with Gasteiger partial charge in [-0.15, -0.1) is 0 Å². The number of amides is 1. The van der Waals surface area contributed by atoms with E-state index in [2.05, 4.69) is 5.32 Å². The molecule has 0 aromatic heterocycles. The van der Waals surface area contributed by atoms with Crippen molar-refractivity contribution in [3.05, 3.63) is 35.4 Å². The Morgan fingerprint density at radius 3 is 2.32 bits per heavy atom. The molecule has 0 saturated carbocycles. The molecule has 1 aromatic rings. The topological polar surface area (TPSA) is 46.2 Å². The van der Waals surface area contributed by atoms with Crippen LogP contribution >= 0.6 is 22.6 Å². The number of carbonyl (C=O) groups is 2. The number of carbonyl (C=O) groups excluding carboxylic acids is 2.